The zero-order valence-electron chi connectivity index (χ0n) is 17.3. The minimum Gasteiger partial charge on any atom is -0.490 e. The summed E-state index contributed by atoms with van der Waals surface area (Å²) in [6.45, 7) is 5.50. The number of nitrogens with one attached hydrogen (secondary N) is 1. The van der Waals surface area contributed by atoms with Crippen LogP contribution >= 0.6 is 11.6 Å². The van der Waals surface area contributed by atoms with Crippen LogP contribution in [0.4, 0.5) is 4.39 Å². The molecule has 1 amide bonds. The highest BCUT2D eigenvalue weighted by Gasteiger charge is 2.19. The van der Waals surface area contributed by atoms with Crippen LogP contribution in [-0.2, 0) is 17.9 Å². The van der Waals surface area contributed by atoms with E-state index in [2.05, 4.69) is 5.32 Å². The van der Waals surface area contributed by atoms with Crippen molar-refractivity contribution in [2.45, 2.75) is 39.3 Å². The number of ether oxygens (including phenoxy) is 2. The van der Waals surface area contributed by atoms with Crippen LogP contribution in [0.2, 0.25) is 5.02 Å². The fraction of sp³-hybridized carbons (Fsp3) is 0.435. The maximum atomic E-state index is 13.8. The fourth-order valence-electron chi connectivity index (χ4n) is 3.42. The zero-order valence-corrected chi connectivity index (χ0v) is 18.0. The van der Waals surface area contributed by atoms with E-state index in [0.29, 0.717) is 41.7 Å². The van der Waals surface area contributed by atoms with Gasteiger partial charge in [0.2, 0.25) is 5.91 Å². The lowest BCUT2D eigenvalue weighted by atomic mass is 10.2. The molecule has 1 saturated heterocycles. The predicted octanol–water partition coefficient (Wildman–Crippen LogP) is 4.56. The lowest BCUT2D eigenvalue weighted by Crippen LogP contribution is -2.28. The third-order valence-corrected chi connectivity index (χ3v) is 5.37. The van der Waals surface area contributed by atoms with Crippen LogP contribution in [0.5, 0.6) is 11.5 Å². The Balaban J connectivity index is 1.55. The van der Waals surface area contributed by atoms with Gasteiger partial charge in [0.15, 0.2) is 11.5 Å². The van der Waals surface area contributed by atoms with Crippen molar-refractivity contribution in [1.82, 2.24) is 10.2 Å². The Morgan fingerprint density at radius 1 is 1.17 bits per heavy atom. The topological polar surface area (TPSA) is 50.8 Å². The molecule has 30 heavy (non-hydrogen) atoms. The lowest BCUT2D eigenvalue weighted by Gasteiger charge is -2.17. The summed E-state index contributed by atoms with van der Waals surface area (Å²) in [7, 11) is 0. The molecule has 0 atom stereocenters. The van der Waals surface area contributed by atoms with E-state index in [0.717, 1.165) is 38.0 Å². The van der Waals surface area contributed by atoms with E-state index in [1.165, 1.54) is 6.07 Å². The second kappa shape index (κ2) is 11.2. The van der Waals surface area contributed by atoms with Gasteiger partial charge in [-0.1, -0.05) is 29.8 Å². The molecule has 1 heterocycles. The Hall–Kier alpha value is -2.31. The summed E-state index contributed by atoms with van der Waals surface area (Å²) < 4.78 is 25.3. The Labute approximate surface area is 182 Å². The Morgan fingerprint density at radius 3 is 2.70 bits per heavy atom. The van der Waals surface area contributed by atoms with Gasteiger partial charge in [-0.3, -0.25) is 4.79 Å². The standard InChI is InChI=1S/C23H28ClFN2O3/c1-2-29-21-13-18(15-26-10-6-12-27-11-5-9-23(27)28)19(24)14-22(21)30-16-17-7-3-4-8-20(17)25/h3-4,7-8,13-14,26H,2,5-6,9-12,15-16H2,1H3. The number of rotatable bonds is 11. The van der Waals surface area contributed by atoms with E-state index in [-0.39, 0.29) is 18.3 Å². The van der Waals surface area contributed by atoms with Crippen LogP contribution in [0, 0.1) is 5.82 Å². The van der Waals surface area contributed by atoms with Gasteiger partial charge in [0.1, 0.15) is 12.4 Å². The van der Waals surface area contributed by atoms with Crippen molar-refractivity contribution in [1.29, 1.82) is 0 Å². The average molecular weight is 435 g/mol. The van der Waals surface area contributed by atoms with E-state index in [9.17, 15) is 9.18 Å². The molecule has 1 N–H and O–H groups in total. The summed E-state index contributed by atoms with van der Waals surface area (Å²) in [6.07, 6.45) is 2.54. The van der Waals surface area contributed by atoms with Gasteiger partial charge in [0.25, 0.3) is 0 Å². The molecule has 0 aromatic heterocycles. The highest BCUT2D eigenvalue weighted by Crippen LogP contribution is 2.34. The fourth-order valence-corrected chi connectivity index (χ4v) is 3.64. The van der Waals surface area contributed by atoms with Crippen LogP contribution < -0.4 is 14.8 Å². The van der Waals surface area contributed by atoms with Gasteiger partial charge in [0, 0.05) is 42.7 Å². The normalized spacial score (nSPS) is 13.7. The van der Waals surface area contributed by atoms with Gasteiger partial charge in [-0.15, -0.1) is 0 Å². The summed E-state index contributed by atoms with van der Waals surface area (Å²) in [5.74, 6) is 1.02. The molecule has 1 aliphatic heterocycles. The van der Waals surface area contributed by atoms with E-state index in [1.54, 1.807) is 24.3 Å². The maximum Gasteiger partial charge on any atom is 0.222 e. The van der Waals surface area contributed by atoms with E-state index in [1.807, 2.05) is 17.9 Å². The number of halogens is 2. The van der Waals surface area contributed by atoms with Crippen molar-refractivity contribution < 1.29 is 18.7 Å². The molecule has 2 aromatic carbocycles. The first-order valence-electron chi connectivity index (χ1n) is 10.4. The van der Waals surface area contributed by atoms with Crippen molar-refractivity contribution >= 4 is 17.5 Å². The molecule has 0 saturated carbocycles. The molecule has 2 aromatic rings. The summed E-state index contributed by atoms with van der Waals surface area (Å²) in [5.41, 5.74) is 1.37. The monoisotopic (exact) mass is 434 g/mol. The van der Waals surface area contributed by atoms with Crippen LogP contribution in [0.15, 0.2) is 36.4 Å². The number of likely N-dealkylation sites (tertiary alicyclic amines) is 1. The smallest absolute Gasteiger partial charge is 0.222 e. The van der Waals surface area contributed by atoms with Crippen molar-refractivity contribution in [3.05, 3.63) is 58.4 Å². The highest BCUT2D eigenvalue weighted by molar-refractivity contribution is 6.31. The molecule has 5 nitrogen and oxygen atoms in total. The van der Waals surface area contributed by atoms with Crippen molar-refractivity contribution in [2.24, 2.45) is 0 Å². The molecule has 0 aliphatic carbocycles. The van der Waals surface area contributed by atoms with Crippen molar-refractivity contribution in [3.63, 3.8) is 0 Å². The second-order valence-corrected chi connectivity index (χ2v) is 7.63. The molecule has 0 bridgehead atoms. The Morgan fingerprint density at radius 2 is 1.97 bits per heavy atom. The number of hydrogen-bond donors (Lipinski definition) is 1. The lowest BCUT2D eigenvalue weighted by molar-refractivity contribution is -0.127. The van der Waals surface area contributed by atoms with Crippen LogP contribution in [0.25, 0.3) is 0 Å². The molecular formula is C23H28ClFN2O3. The quantitative estimate of drug-likeness (QED) is 0.527. The van der Waals surface area contributed by atoms with Crippen LogP contribution in [0.1, 0.15) is 37.3 Å². The summed E-state index contributed by atoms with van der Waals surface area (Å²) >= 11 is 6.45. The molecule has 0 unspecified atom stereocenters. The molecule has 162 valence electrons. The van der Waals surface area contributed by atoms with Gasteiger partial charge in [-0.25, -0.2) is 4.39 Å². The highest BCUT2D eigenvalue weighted by atomic mass is 35.5. The summed E-state index contributed by atoms with van der Waals surface area (Å²) in [5, 5.41) is 3.93. The average Bonchev–Trinajstić information content (AvgIpc) is 3.14. The van der Waals surface area contributed by atoms with Crippen molar-refractivity contribution in [2.75, 3.05) is 26.2 Å². The SMILES string of the molecule is CCOc1cc(CNCCCN2CCCC2=O)c(Cl)cc1OCc1ccccc1F. The largest absolute Gasteiger partial charge is 0.490 e. The first-order valence-corrected chi connectivity index (χ1v) is 10.8. The minimum absolute atomic E-state index is 0.0931. The number of hydrogen-bond acceptors (Lipinski definition) is 4. The number of benzene rings is 2. The minimum atomic E-state index is -0.307. The molecule has 1 aliphatic rings. The number of carbonyl (C=O) groups excluding carboxylic acids is 1. The number of carbonyl (C=O) groups is 1. The van der Waals surface area contributed by atoms with Gasteiger partial charge in [0.05, 0.1) is 6.61 Å². The third kappa shape index (κ3) is 6.09. The molecule has 0 spiro atoms. The van der Waals surface area contributed by atoms with Gasteiger partial charge < -0.3 is 19.7 Å². The molecular weight excluding hydrogens is 407 g/mol. The van der Waals surface area contributed by atoms with Crippen molar-refractivity contribution in [3.8, 4) is 11.5 Å². The first kappa shape index (κ1) is 22.4. The first-order chi connectivity index (χ1) is 14.6. The molecule has 3 rings (SSSR count). The van der Waals surface area contributed by atoms with E-state index >= 15 is 0 Å². The third-order valence-electron chi connectivity index (χ3n) is 5.02. The maximum absolute atomic E-state index is 13.8. The summed E-state index contributed by atoms with van der Waals surface area (Å²) in [4.78, 5) is 13.6. The summed E-state index contributed by atoms with van der Waals surface area (Å²) in [6, 6.07) is 10.1. The second-order valence-electron chi connectivity index (χ2n) is 7.22. The van der Waals surface area contributed by atoms with Crippen LogP contribution in [-0.4, -0.2) is 37.0 Å². The molecule has 1 fully saturated rings. The van der Waals surface area contributed by atoms with E-state index < -0.39 is 0 Å². The molecule has 7 heteroatoms. The Kier molecular flexibility index (Phi) is 8.34. The van der Waals surface area contributed by atoms with Crippen LogP contribution in [0.3, 0.4) is 0 Å². The molecule has 0 radical (unpaired) electrons. The number of nitrogens with zero attached hydrogens (tertiary/aromatic N) is 1. The Bertz CT molecular complexity index is 862. The predicted molar refractivity (Wildman–Crippen MR) is 115 cm³/mol. The zero-order chi connectivity index (χ0) is 21.3. The van der Waals surface area contributed by atoms with Gasteiger partial charge in [-0.2, -0.15) is 0 Å². The number of amides is 1. The van der Waals surface area contributed by atoms with Gasteiger partial charge >= 0.3 is 0 Å². The van der Waals surface area contributed by atoms with E-state index in [4.69, 9.17) is 21.1 Å². The van der Waals surface area contributed by atoms with Gasteiger partial charge in [-0.05, 0) is 44.0 Å².